The summed E-state index contributed by atoms with van der Waals surface area (Å²) in [5.74, 6) is 0.239. The van der Waals surface area contributed by atoms with Crippen LogP contribution in [-0.4, -0.2) is 53.7 Å². The number of alkyl halides is 3. The number of carbonyl (C=O) groups excluding carboxylic acids is 1. The number of aryl methyl sites for hydroxylation is 1. The van der Waals surface area contributed by atoms with Crippen LogP contribution in [0.15, 0.2) is 55.0 Å². The van der Waals surface area contributed by atoms with Crippen LogP contribution in [0.3, 0.4) is 0 Å². The van der Waals surface area contributed by atoms with Gasteiger partial charge in [-0.25, -0.2) is 9.97 Å². The predicted octanol–water partition coefficient (Wildman–Crippen LogP) is 4.43. The molecule has 0 saturated heterocycles. The number of hydrogen-bond acceptors (Lipinski definition) is 7. The number of fused-ring (bicyclic) bond motifs is 1. The highest BCUT2D eigenvalue weighted by Crippen LogP contribution is 2.39. The van der Waals surface area contributed by atoms with Crippen molar-refractivity contribution in [3.63, 3.8) is 0 Å². The first-order chi connectivity index (χ1) is 18.8. The molecule has 4 aromatic rings. The number of carbonyl (C=O) groups is 1. The smallest absolute Gasteiger partial charge is 0.417 e. The number of amides is 1. The van der Waals surface area contributed by atoms with Gasteiger partial charge in [0.2, 0.25) is 0 Å². The fraction of sp³-hybridized carbons (Fsp3) is 0.296. The third kappa shape index (κ3) is 6.29. The van der Waals surface area contributed by atoms with Crippen LogP contribution in [0.2, 0.25) is 0 Å². The van der Waals surface area contributed by atoms with E-state index in [2.05, 4.69) is 20.6 Å². The topological polar surface area (TPSA) is 116 Å². The summed E-state index contributed by atoms with van der Waals surface area (Å²) in [5, 5.41) is 6.01. The molecule has 0 fully saturated rings. The van der Waals surface area contributed by atoms with Crippen molar-refractivity contribution in [1.29, 1.82) is 0 Å². The summed E-state index contributed by atoms with van der Waals surface area (Å²) in [4.78, 5) is 21.4. The van der Waals surface area contributed by atoms with Gasteiger partial charge in [-0.15, -0.1) is 0 Å². The summed E-state index contributed by atoms with van der Waals surface area (Å²) < 4.78 is 53.4. The lowest BCUT2D eigenvalue weighted by Gasteiger charge is -2.15. The molecule has 1 amide bonds. The molecular weight excluding hydrogens is 513 g/mol. The van der Waals surface area contributed by atoms with Gasteiger partial charge in [0.1, 0.15) is 5.75 Å². The predicted molar refractivity (Wildman–Crippen MR) is 141 cm³/mol. The summed E-state index contributed by atoms with van der Waals surface area (Å²) in [6, 6.07) is 9.08. The van der Waals surface area contributed by atoms with Gasteiger partial charge in [0.05, 0.1) is 37.8 Å². The summed E-state index contributed by atoms with van der Waals surface area (Å²) >= 11 is 0. The molecule has 9 nitrogen and oxygen atoms in total. The quantitative estimate of drug-likeness (QED) is 0.240. The highest BCUT2D eigenvalue weighted by atomic mass is 19.4. The first kappa shape index (κ1) is 27.9. The van der Waals surface area contributed by atoms with E-state index in [1.807, 2.05) is 13.0 Å². The fourth-order valence-corrected chi connectivity index (χ4v) is 4.15. The second-order valence-corrected chi connectivity index (χ2v) is 8.53. The molecule has 2 heterocycles. The second kappa shape index (κ2) is 12.1. The minimum Gasteiger partial charge on any atom is -0.497 e. The Bertz CT molecular complexity index is 1450. The number of hydrogen-bond donors (Lipinski definition) is 3. The minimum absolute atomic E-state index is 0.0370. The minimum atomic E-state index is -4.59. The van der Waals surface area contributed by atoms with Gasteiger partial charge in [-0.05, 0) is 48.4 Å². The molecule has 0 aliphatic heterocycles. The molecule has 206 valence electrons. The largest absolute Gasteiger partial charge is 0.497 e. The molecule has 39 heavy (non-hydrogen) atoms. The zero-order chi connectivity index (χ0) is 28.0. The molecule has 0 bridgehead atoms. The molecule has 0 radical (unpaired) electrons. The zero-order valence-corrected chi connectivity index (χ0v) is 21.5. The van der Waals surface area contributed by atoms with Crippen LogP contribution in [0.5, 0.6) is 5.75 Å². The van der Waals surface area contributed by atoms with Gasteiger partial charge in [-0.2, -0.15) is 13.2 Å². The van der Waals surface area contributed by atoms with Gasteiger partial charge in [0.15, 0.2) is 11.5 Å². The molecule has 0 saturated carbocycles. The maximum atomic E-state index is 13.9. The van der Waals surface area contributed by atoms with Crippen molar-refractivity contribution < 1.29 is 27.4 Å². The highest BCUT2D eigenvalue weighted by molar-refractivity contribution is 5.96. The monoisotopic (exact) mass is 542 g/mol. The van der Waals surface area contributed by atoms with E-state index in [1.165, 1.54) is 31.6 Å². The summed E-state index contributed by atoms with van der Waals surface area (Å²) in [7, 11) is 1.32. The Labute approximate surface area is 223 Å². The number of ether oxygens (including phenoxy) is 2. The number of nitrogens with one attached hydrogen (secondary N) is 2. The molecular formula is C27H29F3N6O3. The number of aromatic nitrogens is 3. The number of benzene rings is 2. The van der Waals surface area contributed by atoms with Crippen LogP contribution in [0.4, 0.5) is 24.7 Å². The molecule has 0 aliphatic rings. The van der Waals surface area contributed by atoms with Gasteiger partial charge in [-0.1, -0.05) is 6.92 Å². The van der Waals surface area contributed by atoms with E-state index in [0.29, 0.717) is 55.4 Å². The van der Waals surface area contributed by atoms with Crippen LogP contribution in [0.25, 0.3) is 16.9 Å². The molecule has 4 N–H and O–H groups in total. The van der Waals surface area contributed by atoms with Crippen molar-refractivity contribution in [3.05, 3.63) is 71.7 Å². The van der Waals surface area contributed by atoms with Gasteiger partial charge in [0.25, 0.3) is 5.91 Å². The molecule has 0 atom stereocenters. The molecule has 12 heteroatoms. The normalized spacial score (nSPS) is 11.5. The molecule has 0 spiro atoms. The average Bonchev–Trinajstić information content (AvgIpc) is 3.37. The standard InChI is InChI=1S/C27H29F3N6O3/c1-3-17-14-18(4-6-20(17)26(37)33-10-13-39-12-8-31)35-24-25-34-16-23(36(25)11-9-32-24)21-7-5-19(38-2)15-22(21)27(28,29)30/h4-7,9,11,14-16H,3,8,10,12-13,31H2,1-2H3,(H,32,35)(H,33,37). The molecule has 0 aliphatic carbocycles. The van der Waals surface area contributed by atoms with Gasteiger partial charge in [0, 0.05) is 42.3 Å². The lowest BCUT2D eigenvalue weighted by Crippen LogP contribution is -2.28. The zero-order valence-electron chi connectivity index (χ0n) is 21.5. The Morgan fingerprint density at radius 2 is 1.95 bits per heavy atom. The number of anilines is 2. The van der Waals surface area contributed by atoms with E-state index in [1.54, 1.807) is 22.7 Å². The van der Waals surface area contributed by atoms with Crippen LogP contribution >= 0.6 is 0 Å². The number of rotatable bonds is 11. The van der Waals surface area contributed by atoms with Crippen LogP contribution in [-0.2, 0) is 17.3 Å². The summed E-state index contributed by atoms with van der Waals surface area (Å²) in [6.45, 7) is 3.51. The van der Waals surface area contributed by atoms with E-state index in [4.69, 9.17) is 15.2 Å². The third-order valence-corrected chi connectivity index (χ3v) is 6.02. The Kier molecular flexibility index (Phi) is 8.67. The van der Waals surface area contributed by atoms with E-state index in [9.17, 15) is 18.0 Å². The lowest BCUT2D eigenvalue weighted by molar-refractivity contribution is -0.137. The van der Waals surface area contributed by atoms with Crippen molar-refractivity contribution in [2.45, 2.75) is 19.5 Å². The Morgan fingerprint density at radius 1 is 1.13 bits per heavy atom. The van der Waals surface area contributed by atoms with E-state index >= 15 is 0 Å². The lowest BCUT2D eigenvalue weighted by atomic mass is 10.0. The average molecular weight is 543 g/mol. The van der Waals surface area contributed by atoms with Crippen LogP contribution in [0, 0.1) is 0 Å². The van der Waals surface area contributed by atoms with Gasteiger partial charge in [-0.3, -0.25) is 9.20 Å². The van der Waals surface area contributed by atoms with Crippen molar-refractivity contribution in [1.82, 2.24) is 19.7 Å². The van der Waals surface area contributed by atoms with Gasteiger partial charge >= 0.3 is 6.18 Å². The molecule has 2 aromatic carbocycles. The van der Waals surface area contributed by atoms with E-state index in [0.717, 1.165) is 11.6 Å². The number of imidazole rings is 1. The van der Waals surface area contributed by atoms with E-state index < -0.39 is 11.7 Å². The first-order valence-electron chi connectivity index (χ1n) is 12.3. The Hall–Kier alpha value is -4.16. The maximum Gasteiger partial charge on any atom is 0.417 e. The van der Waals surface area contributed by atoms with Crippen molar-refractivity contribution in [2.24, 2.45) is 5.73 Å². The molecule has 0 unspecified atom stereocenters. The van der Waals surface area contributed by atoms with Gasteiger partial charge < -0.3 is 25.8 Å². The fourth-order valence-electron chi connectivity index (χ4n) is 4.15. The second-order valence-electron chi connectivity index (χ2n) is 8.53. The van der Waals surface area contributed by atoms with Crippen molar-refractivity contribution in [2.75, 3.05) is 38.7 Å². The summed E-state index contributed by atoms with van der Waals surface area (Å²) in [5.41, 5.74) is 7.11. The number of methoxy groups -OCH3 is 1. The first-order valence-corrected chi connectivity index (χ1v) is 12.3. The highest BCUT2D eigenvalue weighted by Gasteiger charge is 2.35. The number of halogens is 3. The number of nitrogens with two attached hydrogens (primary N) is 1. The van der Waals surface area contributed by atoms with Crippen LogP contribution in [0.1, 0.15) is 28.4 Å². The van der Waals surface area contributed by atoms with E-state index in [-0.39, 0.29) is 22.9 Å². The van der Waals surface area contributed by atoms with Crippen molar-refractivity contribution in [3.8, 4) is 17.0 Å². The third-order valence-electron chi connectivity index (χ3n) is 6.02. The Balaban J connectivity index is 1.60. The van der Waals surface area contributed by atoms with Crippen molar-refractivity contribution >= 4 is 23.1 Å². The molecule has 2 aromatic heterocycles. The number of nitrogens with zero attached hydrogens (tertiary/aromatic N) is 3. The summed E-state index contributed by atoms with van der Waals surface area (Å²) in [6.07, 6.45) is 0.415. The Morgan fingerprint density at radius 3 is 2.67 bits per heavy atom. The maximum absolute atomic E-state index is 13.9. The van der Waals surface area contributed by atoms with Crippen LogP contribution < -0.4 is 21.1 Å². The SMILES string of the molecule is CCc1cc(Nc2nccn3c(-c4ccc(OC)cc4C(F)(F)F)cnc23)ccc1C(=O)NCCOCCN. The molecule has 4 rings (SSSR count).